The number of rotatable bonds is 4. The molecule has 0 aliphatic carbocycles. The molecule has 142 valence electrons. The van der Waals surface area contributed by atoms with Gasteiger partial charge in [-0.1, -0.05) is 24.3 Å². The van der Waals surface area contributed by atoms with Gasteiger partial charge in [-0.15, -0.1) is 0 Å². The number of aromatic hydroxyl groups is 1. The van der Waals surface area contributed by atoms with E-state index in [1.54, 1.807) is 36.4 Å². The average Bonchev–Trinajstić information content (AvgIpc) is 2.74. The largest absolute Gasteiger partial charge is 0.507 e. The third-order valence-corrected chi connectivity index (χ3v) is 4.34. The molecule has 0 unspecified atom stereocenters. The van der Waals surface area contributed by atoms with Gasteiger partial charge in [0.25, 0.3) is 5.91 Å². The van der Waals surface area contributed by atoms with Gasteiger partial charge in [0.1, 0.15) is 11.5 Å². The Kier molecular flexibility index (Phi) is 7.55. The smallest absolute Gasteiger partial charge is 0.254 e. The van der Waals surface area contributed by atoms with Crippen LogP contribution in [0.15, 0.2) is 42.5 Å². The maximum absolute atomic E-state index is 12.1. The first-order valence-corrected chi connectivity index (χ1v) is 8.77. The fraction of sp³-hybridized carbons (Fsp3) is 0.286. The standard InChI is InChI=1S/C13H15NO2.C8H8O3/c15-10-11-6-2-3-7-12(11)13(16)14-8-4-1-5-9-14;1-11-8-4-2-3-7(10)6(8)5-9/h2-3,6-7,10H,1,4-5,8-9H2;2-5,10H,1H3. The van der Waals surface area contributed by atoms with Crippen molar-refractivity contribution in [2.75, 3.05) is 20.2 Å². The summed E-state index contributed by atoms with van der Waals surface area (Å²) < 4.78 is 4.83. The number of phenolic OH excluding ortho intramolecular Hbond substituents is 1. The van der Waals surface area contributed by atoms with Crippen molar-refractivity contribution in [2.24, 2.45) is 0 Å². The SMILES string of the molecule is COc1cccc(O)c1C=O.O=Cc1ccccc1C(=O)N1CCCCC1. The number of nitrogens with zero attached hydrogens (tertiary/aromatic N) is 1. The lowest BCUT2D eigenvalue weighted by Crippen LogP contribution is -2.36. The van der Waals surface area contributed by atoms with Gasteiger partial charge in [-0.05, 0) is 37.5 Å². The summed E-state index contributed by atoms with van der Waals surface area (Å²) in [5.41, 5.74) is 1.20. The summed E-state index contributed by atoms with van der Waals surface area (Å²) in [4.78, 5) is 35.2. The fourth-order valence-electron chi connectivity index (χ4n) is 2.89. The Hall–Kier alpha value is -3.15. The van der Waals surface area contributed by atoms with Crippen molar-refractivity contribution in [1.29, 1.82) is 0 Å². The van der Waals surface area contributed by atoms with Crippen LogP contribution in [0.25, 0.3) is 0 Å². The molecule has 27 heavy (non-hydrogen) atoms. The second kappa shape index (κ2) is 10.1. The topological polar surface area (TPSA) is 83.9 Å². The third kappa shape index (κ3) is 5.17. The quantitative estimate of drug-likeness (QED) is 0.836. The van der Waals surface area contributed by atoms with E-state index < -0.39 is 0 Å². The summed E-state index contributed by atoms with van der Waals surface area (Å²) in [6.07, 6.45) is 4.63. The van der Waals surface area contributed by atoms with E-state index in [1.807, 2.05) is 4.90 Å². The Morgan fingerprint density at radius 1 is 1.00 bits per heavy atom. The minimum atomic E-state index is -0.0562. The molecular weight excluding hydrogens is 346 g/mol. The first kappa shape index (κ1) is 20.2. The van der Waals surface area contributed by atoms with Crippen LogP contribution in [0, 0.1) is 0 Å². The molecule has 1 aliphatic heterocycles. The number of likely N-dealkylation sites (tertiary alicyclic amines) is 1. The lowest BCUT2D eigenvalue weighted by atomic mass is 10.1. The first-order chi connectivity index (χ1) is 13.1. The third-order valence-electron chi connectivity index (χ3n) is 4.34. The number of hydrogen-bond donors (Lipinski definition) is 1. The minimum Gasteiger partial charge on any atom is -0.507 e. The van der Waals surface area contributed by atoms with Crippen molar-refractivity contribution in [3.8, 4) is 11.5 Å². The van der Waals surface area contributed by atoms with E-state index in [4.69, 9.17) is 9.84 Å². The molecule has 1 saturated heterocycles. The van der Waals surface area contributed by atoms with E-state index >= 15 is 0 Å². The van der Waals surface area contributed by atoms with Crippen LogP contribution >= 0.6 is 0 Å². The predicted molar refractivity (Wildman–Crippen MR) is 102 cm³/mol. The zero-order valence-corrected chi connectivity index (χ0v) is 15.3. The highest BCUT2D eigenvalue weighted by atomic mass is 16.5. The molecule has 1 fully saturated rings. The van der Waals surface area contributed by atoms with Crippen LogP contribution in [0.3, 0.4) is 0 Å². The molecule has 6 nitrogen and oxygen atoms in total. The predicted octanol–water partition coefficient (Wildman–Crippen LogP) is 3.34. The van der Waals surface area contributed by atoms with Crippen molar-refractivity contribution in [1.82, 2.24) is 4.90 Å². The number of phenols is 1. The molecule has 0 bridgehead atoms. The Bertz CT molecular complexity index is 797. The number of ether oxygens (including phenoxy) is 1. The molecule has 0 radical (unpaired) electrons. The van der Waals surface area contributed by atoms with Crippen LogP contribution in [0.5, 0.6) is 11.5 Å². The summed E-state index contributed by atoms with van der Waals surface area (Å²) in [6.45, 7) is 1.62. The Morgan fingerprint density at radius 3 is 2.30 bits per heavy atom. The summed E-state index contributed by atoms with van der Waals surface area (Å²) >= 11 is 0. The van der Waals surface area contributed by atoms with Gasteiger partial charge in [0.2, 0.25) is 0 Å². The number of carbonyl (C=O) groups excluding carboxylic acids is 3. The fourth-order valence-corrected chi connectivity index (χ4v) is 2.89. The highest BCUT2D eigenvalue weighted by molar-refractivity contribution is 6.01. The molecule has 0 saturated carbocycles. The van der Waals surface area contributed by atoms with Gasteiger partial charge in [0.05, 0.1) is 18.2 Å². The molecule has 3 rings (SSSR count). The van der Waals surface area contributed by atoms with Gasteiger partial charge in [-0.3, -0.25) is 14.4 Å². The van der Waals surface area contributed by atoms with Crippen molar-refractivity contribution < 1.29 is 24.2 Å². The summed E-state index contributed by atoms with van der Waals surface area (Å²) in [7, 11) is 1.45. The molecular formula is C21H23NO5. The molecule has 6 heteroatoms. The van der Waals surface area contributed by atoms with Crippen molar-refractivity contribution in [3.63, 3.8) is 0 Å². The molecule has 1 aliphatic rings. The number of benzene rings is 2. The van der Waals surface area contributed by atoms with Gasteiger partial charge in [0.15, 0.2) is 12.6 Å². The molecule has 1 N–H and O–H groups in total. The summed E-state index contributed by atoms with van der Waals surface area (Å²) in [5, 5.41) is 9.11. The van der Waals surface area contributed by atoms with Crippen LogP contribution in [-0.4, -0.2) is 48.7 Å². The molecule has 2 aromatic rings. The van der Waals surface area contributed by atoms with Crippen LogP contribution < -0.4 is 4.74 Å². The maximum atomic E-state index is 12.1. The molecule has 0 atom stereocenters. The summed E-state index contributed by atoms with van der Waals surface area (Å²) in [5.74, 6) is 0.321. The van der Waals surface area contributed by atoms with Gasteiger partial charge >= 0.3 is 0 Å². The number of piperidine rings is 1. The van der Waals surface area contributed by atoms with Crippen LogP contribution in [0.4, 0.5) is 0 Å². The molecule has 1 heterocycles. The van der Waals surface area contributed by atoms with Gasteiger partial charge in [-0.2, -0.15) is 0 Å². The molecule has 2 aromatic carbocycles. The van der Waals surface area contributed by atoms with E-state index in [9.17, 15) is 14.4 Å². The monoisotopic (exact) mass is 369 g/mol. The zero-order valence-electron chi connectivity index (χ0n) is 15.3. The zero-order chi connectivity index (χ0) is 19.6. The van der Waals surface area contributed by atoms with E-state index in [1.165, 1.54) is 19.6 Å². The van der Waals surface area contributed by atoms with Crippen LogP contribution in [0.1, 0.15) is 50.3 Å². The normalized spacial score (nSPS) is 13.1. The van der Waals surface area contributed by atoms with Crippen molar-refractivity contribution >= 4 is 18.5 Å². The first-order valence-electron chi connectivity index (χ1n) is 8.77. The van der Waals surface area contributed by atoms with Gasteiger partial charge < -0.3 is 14.7 Å². The van der Waals surface area contributed by atoms with Gasteiger partial charge in [0, 0.05) is 18.7 Å². The lowest BCUT2D eigenvalue weighted by Gasteiger charge is -2.27. The summed E-state index contributed by atoms with van der Waals surface area (Å²) in [6, 6.07) is 11.6. The maximum Gasteiger partial charge on any atom is 0.254 e. The minimum absolute atomic E-state index is 0.0117. The van der Waals surface area contributed by atoms with E-state index in [0.717, 1.165) is 32.2 Å². The highest BCUT2D eigenvalue weighted by Crippen LogP contribution is 2.24. The lowest BCUT2D eigenvalue weighted by molar-refractivity contribution is 0.0721. The Morgan fingerprint density at radius 2 is 1.70 bits per heavy atom. The van der Waals surface area contributed by atoms with Crippen LogP contribution in [0.2, 0.25) is 0 Å². The van der Waals surface area contributed by atoms with E-state index in [2.05, 4.69) is 0 Å². The van der Waals surface area contributed by atoms with Crippen molar-refractivity contribution in [3.05, 3.63) is 59.2 Å². The van der Waals surface area contributed by atoms with E-state index in [-0.39, 0.29) is 17.2 Å². The second-order valence-corrected chi connectivity index (χ2v) is 6.07. The highest BCUT2D eigenvalue weighted by Gasteiger charge is 2.19. The number of hydrogen-bond acceptors (Lipinski definition) is 5. The molecule has 1 amide bonds. The number of amides is 1. The molecule has 0 aromatic heterocycles. The van der Waals surface area contributed by atoms with E-state index in [0.29, 0.717) is 23.2 Å². The number of aldehydes is 2. The molecule has 0 spiro atoms. The van der Waals surface area contributed by atoms with Crippen molar-refractivity contribution in [2.45, 2.75) is 19.3 Å². The Balaban J connectivity index is 0.000000208. The van der Waals surface area contributed by atoms with Crippen LogP contribution in [-0.2, 0) is 0 Å². The second-order valence-electron chi connectivity index (χ2n) is 6.07. The Labute approximate surface area is 158 Å². The number of carbonyl (C=O) groups is 3. The number of methoxy groups -OCH3 is 1. The van der Waals surface area contributed by atoms with Gasteiger partial charge in [-0.25, -0.2) is 0 Å². The average molecular weight is 369 g/mol.